The molecule has 2 heterocycles. The highest BCUT2D eigenvalue weighted by atomic mass is 16.7. The second-order valence-electron chi connectivity index (χ2n) is 6.61. The van der Waals surface area contributed by atoms with E-state index in [4.69, 9.17) is 13.7 Å². The van der Waals surface area contributed by atoms with E-state index in [1.165, 1.54) is 0 Å². The number of nitrogens with zero attached hydrogens (tertiary/aromatic N) is 1. The fraction of sp³-hybridized carbons (Fsp3) is 0.438. The molecule has 21 heavy (non-hydrogen) atoms. The van der Waals surface area contributed by atoms with Crippen LogP contribution >= 0.6 is 0 Å². The molecule has 3 rings (SSSR count). The van der Waals surface area contributed by atoms with Gasteiger partial charge in [-0.15, -0.1) is 0 Å². The maximum Gasteiger partial charge on any atom is 0.494 e. The molecule has 0 saturated carbocycles. The minimum absolute atomic E-state index is 0.348. The van der Waals surface area contributed by atoms with Gasteiger partial charge in [-0.2, -0.15) is 0 Å². The Labute approximate surface area is 125 Å². The van der Waals surface area contributed by atoms with Crippen LogP contribution in [0.3, 0.4) is 0 Å². The minimum Gasteiger partial charge on any atom is -0.436 e. The second-order valence-corrected chi connectivity index (χ2v) is 6.61. The number of allylic oxidation sites excluding steroid dienone is 1. The minimum atomic E-state index is -0.385. The maximum atomic E-state index is 6.06. The van der Waals surface area contributed by atoms with Gasteiger partial charge in [0.2, 0.25) is 5.89 Å². The first-order valence-corrected chi connectivity index (χ1v) is 7.12. The highest BCUT2D eigenvalue weighted by molar-refractivity contribution is 6.62. The SMILES string of the molecule is C=C(C)c1nc2cc(B3OC(C)(C)C(C)(C)O3)ccc2o1. The molecule has 2 aromatic rings. The smallest absolute Gasteiger partial charge is 0.436 e. The molecule has 1 saturated heterocycles. The lowest BCUT2D eigenvalue weighted by Crippen LogP contribution is -2.41. The molecule has 4 nitrogen and oxygen atoms in total. The summed E-state index contributed by atoms with van der Waals surface area (Å²) >= 11 is 0. The van der Waals surface area contributed by atoms with Gasteiger partial charge in [0.05, 0.1) is 11.2 Å². The number of hydrogen-bond donors (Lipinski definition) is 0. The van der Waals surface area contributed by atoms with Gasteiger partial charge >= 0.3 is 7.12 Å². The van der Waals surface area contributed by atoms with Gasteiger partial charge in [-0.1, -0.05) is 12.6 Å². The third-order valence-corrected chi connectivity index (χ3v) is 4.30. The Kier molecular flexibility index (Phi) is 3.04. The van der Waals surface area contributed by atoms with Crippen molar-refractivity contribution < 1.29 is 13.7 Å². The molecule has 0 aliphatic carbocycles. The van der Waals surface area contributed by atoms with Crippen molar-refractivity contribution in [2.24, 2.45) is 0 Å². The Morgan fingerprint density at radius 3 is 2.33 bits per heavy atom. The number of benzene rings is 1. The lowest BCUT2D eigenvalue weighted by Gasteiger charge is -2.32. The monoisotopic (exact) mass is 285 g/mol. The van der Waals surface area contributed by atoms with Crippen molar-refractivity contribution in [3.63, 3.8) is 0 Å². The van der Waals surface area contributed by atoms with E-state index >= 15 is 0 Å². The van der Waals surface area contributed by atoms with Crippen molar-refractivity contribution in [3.8, 4) is 0 Å². The molecular weight excluding hydrogens is 265 g/mol. The molecule has 0 amide bonds. The van der Waals surface area contributed by atoms with Crippen LogP contribution in [-0.4, -0.2) is 23.3 Å². The summed E-state index contributed by atoms with van der Waals surface area (Å²) in [6.07, 6.45) is 0. The second kappa shape index (κ2) is 4.45. The fourth-order valence-electron chi connectivity index (χ4n) is 2.25. The normalized spacial score (nSPS) is 20.1. The molecule has 0 bridgehead atoms. The predicted octanol–water partition coefficient (Wildman–Crippen LogP) is 3.16. The van der Waals surface area contributed by atoms with E-state index in [9.17, 15) is 0 Å². The van der Waals surface area contributed by atoms with Crippen LogP contribution in [-0.2, 0) is 9.31 Å². The molecule has 110 valence electrons. The summed E-state index contributed by atoms with van der Waals surface area (Å²) in [6, 6.07) is 5.81. The average Bonchev–Trinajstić information content (AvgIpc) is 2.88. The maximum absolute atomic E-state index is 6.06. The van der Waals surface area contributed by atoms with E-state index in [0.717, 1.165) is 22.1 Å². The molecule has 0 spiro atoms. The van der Waals surface area contributed by atoms with Crippen molar-refractivity contribution in [1.82, 2.24) is 4.98 Å². The van der Waals surface area contributed by atoms with E-state index in [-0.39, 0.29) is 18.3 Å². The van der Waals surface area contributed by atoms with Gasteiger partial charge in [-0.25, -0.2) is 4.98 Å². The first-order chi connectivity index (χ1) is 9.69. The first kappa shape index (κ1) is 14.4. The molecule has 1 aliphatic rings. The Morgan fingerprint density at radius 2 is 1.76 bits per heavy atom. The van der Waals surface area contributed by atoms with Crippen LogP contribution in [0.15, 0.2) is 29.2 Å². The molecule has 5 heteroatoms. The van der Waals surface area contributed by atoms with E-state index in [0.29, 0.717) is 5.89 Å². The molecular formula is C16H20BNO3. The highest BCUT2D eigenvalue weighted by Gasteiger charge is 2.51. The summed E-state index contributed by atoms with van der Waals surface area (Å²) in [5.41, 5.74) is 2.60. The molecule has 1 aromatic heterocycles. The lowest BCUT2D eigenvalue weighted by molar-refractivity contribution is 0.00578. The Balaban J connectivity index is 1.97. The van der Waals surface area contributed by atoms with Gasteiger partial charge in [0, 0.05) is 5.57 Å². The molecule has 1 aromatic carbocycles. The van der Waals surface area contributed by atoms with Gasteiger partial charge in [-0.3, -0.25) is 0 Å². The summed E-state index contributed by atoms with van der Waals surface area (Å²) in [5, 5.41) is 0. The molecule has 1 aliphatic heterocycles. The fourth-order valence-corrected chi connectivity index (χ4v) is 2.25. The zero-order valence-corrected chi connectivity index (χ0v) is 13.2. The van der Waals surface area contributed by atoms with Crippen LogP contribution in [0.4, 0.5) is 0 Å². The molecule has 0 radical (unpaired) electrons. The quantitative estimate of drug-likeness (QED) is 0.795. The van der Waals surface area contributed by atoms with E-state index < -0.39 is 0 Å². The average molecular weight is 285 g/mol. The molecule has 0 unspecified atom stereocenters. The van der Waals surface area contributed by atoms with Gasteiger partial charge in [0.25, 0.3) is 0 Å². The van der Waals surface area contributed by atoms with Crippen molar-refractivity contribution in [2.45, 2.75) is 45.8 Å². The standard InChI is InChI=1S/C16H20BNO3/c1-10(2)14-18-12-9-11(7-8-13(12)19-14)17-20-15(3,4)16(5,6)21-17/h7-9H,1H2,2-6H3. The van der Waals surface area contributed by atoms with E-state index in [2.05, 4.69) is 11.6 Å². The summed E-state index contributed by atoms with van der Waals surface area (Å²) < 4.78 is 17.7. The summed E-state index contributed by atoms with van der Waals surface area (Å²) in [5.74, 6) is 0.566. The molecule has 0 atom stereocenters. The Morgan fingerprint density at radius 1 is 1.14 bits per heavy atom. The van der Waals surface area contributed by atoms with Crippen LogP contribution < -0.4 is 5.46 Å². The number of rotatable bonds is 2. The van der Waals surface area contributed by atoms with Gasteiger partial charge in [0.1, 0.15) is 5.52 Å². The summed E-state index contributed by atoms with van der Waals surface area (Å²) in [6.45, 7) is 13.9. The molecule has 0 N–H and O–H groups in total. The van der Waals surface area contributed by atoms with Crippen LogP contribution in [0.1, 0.15) is 40.5 Å². The van der Waals surface area contributed by atoms with E-state index in [1.54, 1.807) is 0 Å². The predicted molar refractivity (Wildman–Crippen MR) is 84.4 cm³/mol. The third-order valence-electron chi connectivity index (χ3n) is 4.30. The molecule has 1 fully saturated rings. The van der Waals surface area contributed by atoms with Crippen LogP contribution in [0, 0.1) is 0 Å². The van der Waals surface area contributed by atoms with Crippen molar-refractivity contribution in [2.75, 3.05) is 0 Å². The number of oxazole rings is 1. The van der Waals surface area contributed by atoms with Gasteiger partial charge in [-0.05, 0) is 52.2 Å². The summed E-state index contributed by atoms with van der Waals surface area (Å²) in [4.78, 5) is 4.44. The van der Waals surface area contributed by atoms with Gasteiger partial charge < -0.3 is 13.7 Å². The van der Waals surface area contributed by atoms with Crippen molar-refractivity contribution >= 4 is 29.3 Å². The van der Waals surface area contributed by atoms with E-state index in [1.807, 2.05) is 52.8 Å². The Hall–Kier alpha value is -1.59. The summed E-state index contributed by atoms with van der Waals surface area (Å²) in [7, 11) is -0.385. The number of fused-ring (bicyclic) bond motifs is 1. The van der Waals surface area contributed by atoms with Crippen LogP contribution in [0.2, 0.25) is 0 Å². The topological polar surface area (TPSA) is 44.5 Å². The number of hydrogen-bond acceptors (Lipinski definition) is 4. The van der Waals surface area contributed by atoms with Crippen molar-refractivity contribution in [3.05, 3.63) is 30.7 Å². The highest BCUT2D eigenvalue weighted by Crippen LogP contribution is 2.36. The third kappa shape index (κ3) is 2.30. The van der Waals surface area contributed by atoms with Crippen LogP contribution in [0.5, 0.6) is 0 Å². The number of aromatic nitrogens is 1. The van der Waals surface area contributed by atoms with Crippen LogP contribution in [0.25, 0.3) is 16.7 Å². The Bertz CT molecular complexity index is 701. The first-order valence-electron chi connectivity index (χ1n) is 7.12. The van der Waals surface area contributed by atoms with Crippen molar-refractivity contribution in [1.29, 1.82) is 0 Å². The zero-order chi connectivity index (χ0) is 15.4. The zero-order valence-electron chi connectivity index (χ0n) is 13.2. The lowest BCUT2D eigenvalue weighted by atomic mass is 9.79. The van der Waals surface area contributed by atoms with Gasteiger partial charge in [0.15, 0.2) is 5.58 Å². The largest absolute Gasteiger partial charge is 0.494 e.